The van der Waals surface area contributed by atoms with Gasteiger partial charge in [0.25, 0.3) is 5.91 Å². The molecule has 0 radical (unpaired) electrons. The highest BCUT2D eigenvalue weighted by atomic mass is 19.4. The van der Waals surface area contributed by atoms with Crippen LogP contribution in [0.4, 0.5) is 13.2 Å². The molecule has 1 heterocycles. The molecule has 0 aromatic rings. The first-order valence-corrected chi connectivity index (χ1v) is 8.98. The van der Waals surface area contributed by atoms with Crippen LogP contribution in [-0.2, 0) is 19.1 Å². The summed E-state index contributed by atoms with van der Waals surface area (Å²) in [6.45, 7) is 4.64. The van der Waals surface area contributed by atoms with Gasteiger partial charge in [-0.25, -0.2) is 4.79 Å². The Bertz CT molecular complexity index is 666. The first-order chi connectivity index (χ1) is 12.5. The molecule has 1 saturated carbocycles. The molecule has 6 nitrogen and oxygen atoms in total. The van der Waals surface area contributed by atoms with Crippen LogP contribution in [0.3, 0.4) is 0 Å². The van der Waals surface area contributed by atoms with E-state index in [1.54, 1.807) is 13.8 Å². The van der Waals surface area contributed by atoms with Gasteiger partial charge in [-0.15, -0.1) is 0 Å². The summed E-state index contributed by atoms with van der Waals surface area (Å²) in [7, 11) is 0.947. The van der Waals surface area contributed by atoms with Crippen molar-refractivity contribution in [2.24, 2.45) is 5.92 Å². The summed E-state index contributed by atoms with van der Waals surface area (Å²) < 4.78 is 47.3. The van der Waals surface area contributed by atoms with Gasteiger partial charge in [0.15, 0.2) is 0 Å². The van der Waals surface area contributed by atoms with Crippen molar-refractivity contribution in [2.45, 2.75) is 70.6 Å². The van der Waals surface area contributed by atoms with E-state index in [0.29, 0.717) is 12.8 Å². The highest BCUT2D eigenvalue weighted by Crippen LogP contribution is 2.47. The standard InChI is InChI=1S/C18H25F3N2O4/c1-10(2)9-13(24)22-17(18(19,20)21)14(15(25)27-4)11(3)23(16(17)26)12-7-5-6-8-12/h10,12H,5-9H2,1-4H3,(H,22,24)/t17-/m0/s1. The van der Waals surface area contributed by atoms with Crippen molar-refractivity contribution in [3.05, 3.63) is 11.3 Å². The van der Waals surface area contributed by atoms with Gasteiger partial charge < -0.3 is 15.0 Å². The van der Waals surface area contributed by atoms with E-state index < -0.39 is 41.1 Å². The van der Waals surface area contributed by atoms with Crippen molar-refractivity contribution in [3.63, 3.8) is 0 Å². The number of esters is 1. The quantitative estimate of drug-likeness (QED) is 0.733. The van der Waals surface area contributed by atoms with Crippen molar-refractivity contribution < 1.29 is 32.3 Å². The Labute approximate surface area is 156 Å². The van der Waals surface area contributed by atoms with E-state index in [-0.39, 0.29) is 18.0 Å². The van der Waals surface area contributed by atoms with Gasteiger partial charge in [0.05, 0.1) is 7.11 Å². The van der Waals surface area contributed by atoms with Crippen molar-refractivity contribution in [2.75, 3.05) is 7.11 Å². The maximum Gasteiger partial charge on any atom is 0.425 e. The van der Waals surface area contributed by atoms with Gasteiger partial charge in [-0.3, -0.25) is 9.59 Å². The zero-order valence-corrected chi connectivity index (χ0v) is 15.9. The molecule has 1 aliphatic carbocycles. The fourth-order valence-corrected chi connectivity index (χ4v) is 3.92. The third kappa shape index (κ3) is 3.55. The predicted molar refractivity (Wildman–Crippen MR) is 90.2 cm³/mol. The van der Waals surface area contributed by atoms with Crippen LogP contribution in [0.25, 0.3) is 0 Å². The van der Waals surface area contributed by atoms with E-state index in [4.69, 9.17) is 0 Å². The zero-order valence-electron chi connectivity index (χ0n) is 15.9. The van der Waals surface area contributed by atoms with Crippen molar-refractivity contribution in [1.82, 2.24) is 10.2 Å². The number of methoxy groups -OCH3 is 1. The van der Waals surface area contributed by atoms with Gasteiger partial charge in [0.1, 0.15) is 5.57 Å². The summed E-state index contributed by atoms with van der Waals surface area (Å²) in [4.78, 5) is 38.6. The van der Waals surface area contributed by atoms with Gasteiger partial charge in [-0.1, -0.05) is 26.7 Å². The van der Waals surface area contributed by atoms with Crippen LogP contribution in [0.5, 0.6) is 0 Å². The average Bonchev–Trinajstić information content (AvgIpc) is 3.12. The number of ether oxygens (including phenoxy) is 1. The molecule has 1 aliphatic heterocycles. The first kappa shape index (κ1) is 21.2. The van der Waals surface area contributed by atoms with Gasteiger partial charge in [-0.2, -0.15) is 13.2 Å². The summed E-state index contributed by atoms with van der Waals surface area (Å²) in [6, 6.07) is -0.427. The van der Waals surface area contributed by atoms with E-state index in [2.05, 4.69) is 4.74 Å². The smallest absolute Gasteiger partial charge is 0.425 e. The molecule has 1 atom stereocenters. The number of alkyl halides is 3. The minimum atomic E-state index is -5.20. The molecule has 0 unspecified atom stereocenters. The van der Waals surface area contributed by atoms with E-state index >= 15 is 0 Å². The highest BCUT2D eigenvalue weighted by molar-refractivity contribution is 6.10. The third-order valence-corrected chi connectivity index (χ3v) is 5.06. The Hall–Kier alpha value is -2.06. The maximum atomic E-state index is 14.2. The molecule has 0 aromatic carbocycles. The minimum absolute atomic E-state index is 0.110. The number of halogens is 3. The second kappa shape index (κ2) is 7.52. The topological polar surface area (TPSA) is 75.7 Å². The molecule has 1 N–H and O–H groups in total. The Morgan fingerprint density at radius 2 is 1.85 bits per heavy atom. The molecule has 152 valence electrons. The second-order valence-corrected chi connectivity index (χ2v) is 7.46. The summed E-state index contributed by atoms with van der Waals surface area (Å²) in [6.07, 6.45) is -2.74. The number of nitrogens with one attached hydrogen (secondary N) is 1. The number of hydrogen-bond donors (Lipinski definition) is 1. The summed E-state index contributed by atoms with van der Waals surface area (Å²) in [5, 5.41) is 1.85. The molecular weight excluding hydrogens is 365 g/mol. The molecule has 1 fully saturated rings. The Balaban J connectivity index is 2.62. The highest BCUT2D eigenvalue weighted by Gasteiger charge is 2.71. The zero-order chi connectivity index (χ0) is 20.6. The van der Waals surface area contributed by atoms with Crippen LogP contribution in [-0.4, -0.2) is 47.6 Å². The van der Waals surface area contributed by atoms with Crippen LogP contribution in [0, 0.1) is 5.92 Å². The minimum Gasteiger partial charge on any atom is -0.466 e. The third-order valence-electron chi connectivity index (χ3n) is 5.06. The lowest BCUT2D eigenvalue weighted by atomic mass is 9.88. The van der Waals surface area contributed by atoms with Gasteiger partial charge >= 0.3 is 12.1 Å². The summed E-state index contributed by atoms with van der Waals surface area (Å²) in [5.41, 5.74) is -4.38. The normalized spacial score (nSPS) is 24.1. The number of allylic oxidation sites excluding steroid dienone is 1. The molecule has 2 rings (SSSR count). The largest absolute Gasteiger partial charge is 0.466 e. The van der Waals surface area contributed by atoms with E-state index in [9.17, 15) is 27.6 Å². The van der Waals surface area contributed by atoms with Crippen molar-refractivity contribution in [3.8, 4) is 0 Å². The molecule has 9 heteroatoms. The number of amides is 2. The van der Waals surface area contributed by atoms with Crippen LogP contribution < -0.4 is 5.32 Å². The average molecular weight is 390 g/mol. The Kier molecular flexibility index (Phi) is 5.91. The van der Waals surface area contributed by atoms with Gasteiger partial charge in [0.2, 0.25) is 11.4 Å². The number of rotatable bonds is 5. The predicted octanol–water partition coefficient (Wildman–Crippen LogP) is 2.68. The van der Waals surface area contributed by atoms with Crippen LogP contribution in [0.15, 0.2) is 11.3 Å². The van der Waals surface area contributed by atoms with Crippen molar-refractivity contribution >= 4 is 17.8 Å². The lowest BCUT2D eigenvalue weighted by Crippen LogP contribution is -2.66. The SMILES string of the molecule is COC(=O)C1=C(C)N(C2CCCC2)C(=O)[C@]1(NC(=O)CC(C)C)C(F)(F)F. The maximum absolute atomic E-state index is 14.2. The summed E-state index contributed by atoms with van der Waals surface area (Å²) >= 11 is 0. The fourth-order valence-electron chi connectivity index (χ4n) is 3.92. The van der Waals surface area contributed by atoms with Crippen LogP contribution >= 0.6 is 0 Å². The molecule has 27 heavy (non-hydrogen) atoms. The molecule has 2 aliphatic rings. The monoisotopic (exact) mass is 390 g/mol. The van der Waals surface area contributed by atoms with E-state index in [0.717, 1.165) is 24.9 Å². The number of carbonyl (C=O) groups excluding carboxylic acids is 3. The lowest BCUT2D eigenvalue weighted by Gasteiger charge is -2.34. The van der Waals surface area contributed by atoms with Crippen LogP contribution in [0.2, 0.25) is 0 Å². The molecular formula is C18H25F3N2O4. The number of carbonyl (C=O) groups is 3. The van der Waals surface area contributed by atoms with E-state index in [1.165, 1.54) is 6.92 Å². The summed E-state index contributed by atoms with van der Waals surface area (Å²) in [5.74, 6) is -3.78. The molecule has 0 spiro atoms. The lowest BCUT2D eigenvalue weighted by molar-refractivity contribution is -0.196. The first-order valence-electron chi connectivity index (χ1n) is 8.98. The fraction of sp³-hybridized carbons (Fsp3) is 0.722. The van der Waals surface area contributed by atoms with Crippen LogP contribution in [0.1, 0.15) is 52.9 Å². The van der Waals surface area contributed by atoms with E-state index in [1.807, 2.05) is 5.32 Å². The molecule has 0 saturated heterocycles. The Morgan fingerprint density at radius 3 is 2.30 bits per heavy atom. The number of hydrogen-bond acceptors (Lipinski definition) is 4. The second-order valence-electron chi connectivity index (χ2n) is 7.46. The van der Waals surface area contributed by atoms with Gasteiger partial charge in [-0.05, 0) is 25.7 Å². The molecule has 2 amide bonds. The molecule has 0 aromatic heterocycles. The van der Waals surface area contributed by atoms with Crippen molar-refractivity contribution in [1.29, 1.82) is 0 Å². The molecule has 0 bridgehead atoms. The van der Waals surface area contributed by atoms with Gasteiger partial charge in [0, 0.05) is 18.2 Å². The number of nitrogens with zero attached hydrogens (tertiary/aromatic N) is 1. The Morgan fingerprint density at radius 1 is 1.30 bits per heavy atom.